The van der Waals surface area contributed by atoms with Crippen LogP contribution in [0.5, 0.6) is 5.75 Å². The van der Waals surface area contributed by atoms with E-state index in [9.17, 15) is 19.5 Å². The van der Waals surface area contributed by atoms with E-state index in [4.69, 9.17) is 9.47 Å². The standard InChI is InChI=1S/C33H46N2O6S/c1-7-10-11-12-20-41-31(39)27-26-29(37)35(25(21-36)22(4)9-3)28(33(26)18-17-32(27,5)42-33)30(38)34(19-8-2)23-13-15-24(40-6)16-14-23/h7-8,13-16,22,25-28,36H,1-2,9-12,17-21H2,3-6H3/t22-,25-,26-,27-,28?,32+,33?/m0/s1. The molecule has 9 heteroatoms. The Balaban J connectivity index is 1.76. The van der Waals surface area contributed by atoms with Crippen LogP contribution in [0.1, 0.15) is 59.3 Å². The van der Waals surface area contributed by atoms with Gasteiger partial charge in [-0.05, 0) is 69.2 Å². The average molecular weight is 599 g/mol. The maximum atomic E-state index is 14.8. The zero-order chi connectivity index (χ0) is 30.7. The van der Waals surface area contributed by atoms with Gasteiger partial charge in [-0.25, -0.2) is 0 Å². The lowest BCUT2D eigenvalue weighted by Gasteiger charge is -2.41. The Morgan fingerprint density at radius 2 is 1.93 bits per heavy atom. The zero-order valence-corrected chi connectivity index (χ0v) is 26.2. The van der Waals surface area contributed by atoms with Gasteiger partial charge < -0.3 is 24.4 Å². The Kier molecular flexibility index (Phi) is 10.1. The number of anilines is 1. The highest BCUT2D eigenvalue weighted by molar-refractivity contribution is 8.02. The number of carbonyl (C=O) groups is 3. The van der Waals surface area contributed by atoms with Crippen LogP contribution >= 0.6 is 11.8 Å². The molecule has 4 rings (SSSR count). The van der Waals surface area contributed by atoms with Gasteiger partial charge in [0.15, 0.2) is 0 Å². The summed E-state index contributed by atoms with van der Waals surface area (Å²) in [6, 6.07) is 5.83. The number of hydrogen-bond donors (Lipinski definition) is 1. The van der Waals surface area contributed by atoms with Crippen molar-refractivity contribution in [1.82, 2.24) is 4.90 Å². The van der Waals surface area contributed by atoms with Gasteiger partial charge in [0.2, 0.25) is 5.91 Å². The molecule has 8 nitrogen and oxygen atoms in total. The van der Waals surface area contributed by atoms with Gasteiger partial charge >= 0.3 is 5.97 Å². The van der Waals surface area contributed by atoms with Crippen molar-refractivity contribution in [2.75, 3.05) is 31.8 Å². The third-order valence-electron chi connectivity index (χ3n) is 9.56. The van der Waals surface area contributed by atoms with Crippen LogP contribution in [0.15, 0.2) is 49.6 Å². The van der Waals surface area contributed by atoms with Crippen LogP contribution in [-0.4, -0.2) is 76.2 Å². The van der Waals surface area contributed by atoms with Gasteiger partial charge in [0, 0.05) is 17.0 Å². The van der Waals surface area contributed by atoms with Crippen molar-refractivity contribution >= 4 is 35.2 Å². The summed E-state index contributed by atoms with van der Waals surface area (Å²) >= 11 is 1.61. The molecule has 1 spiro atoms. The zero-order valence-electron chi connectivity index (χ0n) is 25.4. The SMILES string of the molecule is C=CCCCCOC(=O)[C@@H]1[C@H]2C(=O)N([C@@H](CO)[C@@H](C)CC)C(C(=O)N(CC=C)c3ccc(OC)cc3)C23CC[C@@]1(C)S3. The van der Waals surface area contributed by atoms with E-state index in [2.05, 4.69) is 13.2 Å². The maximum Gasteiger partial charge on any atom is 0.311 e. The lowest BCUT2D eigenvalue weighted by atomic mass is 9.66. The molecule has 0 radical (unpaired) electrons. The second-order valence-corrected chi connectivity index (χ2v) is 13.9. The van der Waals surface area contributed by atoms with Gasteiger partial charge in [-0.3, -0.25) is 14.4 Å². The minimum Gasteiger partial charge on any atom is -0.497 e. The molecule has 230 valence electrons. The van der Waals surface area contributed by atoms with Crippen LogP contribution in [0.2, 0.25) is 0 Å². The molecule has 3 aliphatic heterocycles. The van der Waals surface area contributed by atoms with E-state index in [1.165, 1.54) is 0 Å². The predicted octanol–water partition coefficient (Wildman–Crippen LogP) is 5.00. The summed E-state index contributed by atoms with van der Waals surface area (Å²) in [5.74, 6) is -1.56. The van der Waals surface area contributed by atoms with Gasteiger partial charge in [-0.1, -0.05) is 32.4 Å². The van der Waals surface area contributed by atoms with Gasteiger partial charge in [0.05, 0.1) is 42.9 Å². The van der Waals surface area contributed by atoms with Crippen molar-refractivity contribution in [3.63, 3.8) is 0 Å². The molecule has 1 aromatic rings. The first-order valence-electron chi connectivity index (χ1n) is 15.1. The van der Waals surface area contributed by atoms with Gasteiger partial charge in [0.25, 0.3) is 5.91 Å². The number of carbonyl (C=O) groups excluding carboxylic acids is 3. The number of unbranched alkanes of at least 4 members (excludes halogenated alkanes) is 2. The topological polar surface area (TPSA) is 96.4 Å². The quantitative estimate of drug-likeness (QED) is 0.172. The number of aliphatic hydroxyl groups is 1. The van der Waals surface area contributed by atoms with E-state index in [-0.39, 0.29) is 36.9 Å². The molecule has 0 saturated carbocycles. The molecule has 2 unspecified atom stereocenters. The third-order valence-corrected chi connectivity index (χ3v) is 11.5. The van der Waals surface area contributed by atoms with E-state index in [0.717, 1.165) is 25.7 Å². The Hall–Kier alpha value is -2.78. The molecule has 3 fully saturated rings. The van der Waals surface area contributed by atoms with Crippen LogP contribution in [0.4, 0.5) is 5.69 Å². The number of methoxy groups -OCH3 is 1. The van der Waals surface area contributed by atoms with Crippen LogP contribution in [-0.2, 0) is 19.1 Å². The Labute approximate surface area is 254 Å². The average Bonchev–Trinajstić information content (AvgIpc) is 3.56. The molecular weight excluding hydrogens is 552 g/mol. The fraction of sp³-hybridized carbons (Fsp3) is 0.606. The van der Waals surface area contributed by atoms with Crippen molar-refractivity contribution in [2.45, 2.75) is 80.9 Å². The highest BCUT2D eigenvalue weighted by Gasteiger charge is 2.78. The van der Waals surface area contributed by atoms with E-state index in [1.54, 1.807) is 46.9 Å². The summed E-state index contributed by atoms with van der Waals surface area (Å²) in [4.78, 5) is 46.3. The number of amides is 2. The number of aliphatic hydroxyl groups excluding tert-OH is 1. The molecule has 3 heterocycles. The van der Waals surface area contributed by atoms with Crippen LogP contribution < -0.4 is 9.64 Å². The minimum absolute atomic E-state index is 0.0497. The fourth-order valence-electron chi connectivity index (χ4n) is 7.19. The summed E-state index contributed by atoms with van der Waals surface area (Å²) < 4.78 is 9.78. The molecule has 42 heavy (non-hydrogen) atoms. The normalized spacial score (nSPS) is 29.1. The third kappa shape index (κ3) is 5.50. The minimum atomic E-state index is -0.847. The summed E-state index contributed by atoms with van der Waals surface area (Å²) in [6.45, 7) is 13.9. The monoisotopic (exact) mass is 598 g/mol. The number of benzene rings is 1. The number of rotatable bonds is 15. The van der Waals surface area contributed by atoms with Crippen LogP contribution in [0, 0.1) is 17.8 Å². The summed E-state index contributed by atoms with van der Waals surface area (Å²) in [5.41, 5.74) is 0.663. The van der Waals surface area contributed by atoms with Gasteiger partial charge in [-0.2, -0.15) is 0 Å². The second kappa shape index (κ2) is 13.2. The van der Waals surface area contributed by atoms with Crippen molar-refractivity contribution in [1.29, 1.82) is 0 Å². The number of fused-ring (bicyclic) bond motifs is 1. The highest BCUT2D eigenvalue weighted by atomic mass is 32.2. The molecular formula is C33H46N2O6S. The first-order chi connectivity index (χ1) is 20.1. The number of allylic oxidation sites excluding steroid dienone is 1. The molecule has 7 atom stereocenters. The Morgan fingerprint density at radius 1 is 1.21 bits per heavy atom. The smallest absolute Gasteiger partial charge is 0.311 e. The number of esters is 1. The molecule has 1 N–H and O–H groups in total. The van der Waals surface area contributed by atoms with Crippen molar-refractivity contribution in [2.24, 2.45) is 17.8 Å². The number of ether oxygens (including phenoxy) is 2. The fourth-order valence-corrected chi connectivity index (χ4v) is 9.51. The molecule has 1 aromatic carbocycles. The Bertz CT molecular complexity index is 1170. The highest BCUT2D eigenvalue weighted by Crippen LogP contribution is 2.72. The predicted molar refractivity (Wildman–Crippen MR) is 166 cm³/mol. The summed E-state index contributed by atoms with van der Waals surface area (Å²) in [6.07, 6.45) is 8.03. The second-order valence-electron chi connectivity index (χ2n) is 12.0. The Morgan fingerprint density at radius 3 is 2.52 bits per heavy atom. The van der Waals surface area contributed by atoms with E-state index in [0.29, 0.717) is 30.9 Å². The largest absolute Gasteiger partial charge is 0.497 e. The molecule has 0 aromatic heterocycles. The molecule has 0 aliphatic carbocycles. The number of likely N-dealkylation sites (tertiary alicyclic amines) is 1. The summed E-state index contributed by atoms with van der Waals surface area (Å²) in [7, 11) is 1.59. The first kappa shape index (κ1) is 32.1. The van der Waals surface area contributed by atoms with Crippen LogP contribution in [0.25, 0.3) is 0 Å². The lowest BCUT2D eigenvalue weighted by Crippen LogP contribution is -2.58. The van der Waals surface area contributed by atoms with Crippen molar-refractivity contribution < 1.29 is 29.0 Å². The van der Waals surface area contributed by atoms with Crippen molar-refractivity contribution in [3.05, 3.63) is 49.6 Å². The number of thioether (sulfide) groups is 1. The van der Waals surface area contributed by atoms with E-state index >= 15 is 0 Å². The first-order valence-corrected chi connectivity index (χ1v) is 15.9. The lowest BCUT2D eigenvalue weighted by molar-refractivity contribution is -0.156. The van der Waals surface area contributed by atoms with E-state index < -0.39 is 33.4 Å². The van der Waals surface area contributed by atoms with Crippen molar-refractivity contribution in [3.8, 4) is 5.75 Å². The van der Waals surface area contributed by atoms with Gasteiger partial charge in [-0.15, -0.1) is 24.9 Å². The number of nitrogens with zero attached hydrogens (tertiary/aromatic N) is 2. The molecule has 3 saturated heterocycles. The van der Waals surface area contributed by atoms with Crippen LogP contribution in [0.3, 0.4) is 0 Å². The van der Waals surface area contributed by atoms with E-state index in [1.807, 2.05) is 39.0 Å². The van der Waals surface area contributed by atoms with Gasteiger partial charge in [0.1, 0.15) is 11.8 Å². The molecule has 3 aliphatic rings. The number of hydrogen-bond acceptors (Lipinski definition) is 7. The summed E-state index contributed by atoms with van der Waals surface area (Å²) in [5, 5.41) is 10.6. The molecule has 2 bridgehead atoms. The molecule has 2 amide bonds. The maximum absolute atomic E-state index is 14.8.